The molecule has 0 aliphatic heterocycles. The van der Waals surface area contributed by atoms with Crippen molar-refractivity contribution in [2.45, 2.75) is 20.0 Å². The molecule has 0 aromatic carbocycles. The standard InChI is InChI=1S/C10H13N3S/c1-8-12-6-9(5-11)13(8)7-10-3-2-4-14-10/h2-4,6H,5,7,11H2,1H3. The lowest BCUT2D eigenvalue weighted by molar-refractivity contribution is 0.721. The van der Waals surface area contributed by atoms with Gasteiger partial charge in [0, 0.05) is 17.6 Å². The predicted molar refractivity (Wildman–Crippen MR) is 58.3 cm³/mol. The number of rotatable bonds is 3. The van der Waals surface area contributed by atoms with Gasteiger partial charge in [-0.05, 0) is 18.4 Å². The van der Waals surface area contributed by atoms with Gasteiger partial charge in [-0.25, -0.2) is 4.98 Å². The minimum Gasteiger partial charge on any atom is -0.326 e. The van der Waals surface area contributed by atoms with Crippen molar-refractivity contribution in [2.24, 2.45) is 5.73 Å². The van der Waals surface area contributed by atoms with E-state index in [1.807, 2.05) is 13.1 Å². The number of hydrogen-bond donors (Lipinski definition) is 1. The van der Waals surface area contributed by atoms with Crippen LogP contribution in [0.5, 0.6) is 0 Å². The first-order chi connectivity index (χ1) is 6.81. The van der Waals surface area contributed by atoms with Crippen molar-refractivity contribution < 1.29 is 0 Å². The Bertz CT molecular complexity index is 403. The zero-order valence-electron chi connectivity index (χ0n) is 8.10. The summed E-state index contributed by atoms with van der Waals surface area (Å²) in [5.41, 5.74) is 6.73. The van der Waals surface area contributed by atoms with Crippen LogP contribution < -0.4 is 5.73 Å². The molecule has 0 aliphatic rings. The highest BCUT2D eigenvalue weighted by molar-refractivity contribution is 7.09. The minimum atomic E-state index is 0.548. The highest BCUT2D eigenvalue weighted by Crippen LogP contribution is 2.13. The van der Waals surface area contributed by atoms with E-state index in [-0.39, 0.29) is 0 Å². The van der Waals surface area contributed by atoms with E-state index < -0.39 is 0 Å². The second kappa shape index (κ2) is 3.94. The van der Waals surface area contributed by atoms with Gasteiger partial charge < -0.3 is 10.3 Å². The van der Waals surface area contributed by atoms with E-state index in [0.717, 1.165) is 18.1 Å². The molecule has 14 heavy (non-hydrogen) atoms. The van der Waals surface area contributed by atoms with Gasteiger partial charge in [-0.1, -0.05) is 6.07 Å². The zero-order chi connectivity index (χ0) is 9.97. The number of imidazole rings is 1. The summed E-state index contributed by atoms with van der Waals surface area (Å²) in [5.74, 6) is 1.03. The lowest BCUT2D eigenvalue weighted by atomic mass is 10.4. The first-order valence-electron chi connectivity index (χ1n) is 4.54. The molecule has 0 unspecified atom stereocenters. The molecule has 2 rings (SSSR count). The molecule has 0 radical (unpaired) electrons. The Labute approximate surface area is 87.2 Å². The highest BCUT2D eigenvalue weighted by atomic mass is 32.1. The maximum atomic E-state index is 5.64. The van der Waals surface area contributed by atoms with Gasteiger partial charge in [0.05, 0.1) is 12.2 Å². The molecular formula is C10H13N3S. The van der Waals surface area contributed by atoms with E-state index >= 15 is 0 Å². The molecule has 3 nitrogen and oxygen atoms in total. The first kappa shape index (κ1) is 9.43. The number of thiophene rings is 1. The smallest absolute Gasteiger partial charge is 0.106 e. The van der Waals surface area contributed by atoms with Crippen LogP contribution in [-0.2, 0) is 13.1 Å². The van der Waals surface area contributed by atoms with E-state index in [0.29, 0.717) is 6.54 Å². The fraction of sp³-hybridized carbons (Fsp3) is 0.300. The molecule has 0 fully saturated rings. The lowest BCUT2D eigenvalue weighted by Crippen LogP contribution is -2.08. The third kappa shape index (κ3) is 1.71. The van der Waals surface area contributed by atoms with Crippen LogP contribution in [0.4, 0.5) is 0 Å². The van der Waals surface area contributed by atoms with E-state index in [2.05, 4.69) is 27.1 Å². The summed E-state index contributed by atoms with van der Waals surface area (Å²) in [6.07, 6.45) is 1.85. The van der Waals surface area contributed by atoms with Crippen LogP contribution >= 0.6 is 11.3 Å². The van der Waals surface area contributed by atoms with Gasteiger partial charge in [0.1, 0.15) is 5.82 Å². The number of aromatic nitrogens is 2. The third-order valence-corrected chi connectivity index (χ3v) is 3.10. The van der Waals surface area contributed by atoms with Crippen molar-refractivity contribution in [1.82, 2.24) is 9.55 Å². The minimum absolute atomic E-state index is 0.548. The topological polar surface area (TPSA) is 43.8 Å². The molecule has 2 aromatic heterocycles. The van der Waals surface area contributed by atoms with Crippen molar-refractivity contribution in [3.63, 3.8) is 0 Å². The van der Waals surface area contributed by atoms with Crippen molar-refractivity contribution in [1.29, 1.82) is 0 Å². The van der Waals surface area contributed by atoms with Crippen LogP contribution in [0.3, 0.4) is 0 Å². The molecule has 0 amide bonds. The molecule has 2 heterocycles. The molecule has 0 bridgehead atoms. The van der Waals surface area contributed by atoms with Crippen molar-refractivity contribution in [3.8, 4) is 0 Å². The molecule has 74 valence electrons. The largest absolute Gasteiger partial charge is 0.326 e. The molecule has 0 atom stereocenters. The molecule has 0 saturated heterocycles. The Kier molecular flexibility index (Phi) is 2.65. The molecule has 0 spiro atoms. The maximum Gasteiger partial charge on any atom is 0.106 e. The van der Waals surface area contributed by atoms with Gasteiger partial charge >= 0.3 is 0 Å². The van der Waals surface area contributed by atoms with E-state index in [1.54, 1.807) is 11.3 Å². The van der Waals surface area contributed by atoms with Crippen molar-refractivity contribution in [2.75, 3.05) is 0 Å². The fourth-order valence-electron chi connectivity index (χ4n) is 1.45. The van der Waals surface area contributed by atoms with E-state index in [1.165, 1.54) is 4.88 Å². The quantitative estimate of drug-likeness (QED) is 0.833. The van der Waals surface area contributed by atoms with E-state index in [4.69, 9.17) is 5.73 Å². The van der Waals surface area contributed by atoms with Crippen LogP contribution in [0.2, 0.25) is 0 Å². The van der Waals surface area contributed by atoms with Crippen molar-refractivity contribution in [3.05, 3.63) is 40.1 Å². The molecule has 2 N–H and O–H groups in total. The highest BCUT2D eigenvalue weighted by Gasteiger charge is 2.05. The second-order valence-corrected chi connectivity index (χ2v) is 4.20. The lowest BCUT2D eigenvalue weighted by Gasteiger charge is -2.06. The summed E-state index contributed by atoms with van der Waals surface area (Å²) in [7, 11) is 0. The van der Waals surface area contributed by atoms with Gasteiger partial charge in [0.15, 0.2) is 0 Å². The molecular weight excluding hydrogens is 194 g/mol. The monoisotopic (exact) mass is 207 g/mol. The van der Waals surface area contributed by atoms with Gasteiger partial charge in [0.25, 0.3) is 0 Å². The Morgan fingerprint density at radius 2 is 2.43 bits per heavy atom. The van der Waals surface area contributed by atoms with Crippen LogP contribution in [0.1, 0.15) is 16.4 Å². The number of aryl methyl sites for hydroxylation is 1. The average Bonchev–Trinajstić information content (AvgIpc) is 2.79. The average molecular weight is 207 g/mol. The van der Waals surface area contributed by atoms with Gasteiger partial charge in [0.2, 0.25) is 0 Å². The number of nitrogens with two attached hydrogens (primary N) is 1. The summed E-state index contributed by atoms with van der Waals surface area (Å²) >= 11 is 1.76. The summed E-state index contributed by atoms with van der Waals surface area (Å²) in [6, 6.07) is 4.19. The van der Waals surface area contributed by atoms with Crippen LogP contribution in [0.25, 0.3) is 0 Å². The normalized spacial score (nSPS) is 10.7. The summed E-state index contributed by atoms with van der Waals surface area (Å²) in [4.78, 5) is 5.59. The van der Waals surface area contributed by atoms with Crippen molar-refractivity contribution >= 4 is 11.3 Å². The Hall–Kier alpha value is -1.13. The van der Waals surface area contributed by atoms with Gasteiger partial charge in [-0.2, -0.15) is 0 Å². The first-order valence-corrected chi connectivity index (χ1v) is 5.42. The third-order valence-electron chi connectivity index (χ3n) is 2.24. The summed E-state index contributed by atoms with van der Waals surface area (Å²) in [5, 5.41) is 2.09. The number of hydrogen-bond acceptors (Lipinski definition) is 3. The summed E-state index contributed by atoms with van der Waals surface area (Å²) < 4.78 is 2.16. The predicted octanol–water partition coefficient (Wildman–Crippen LogP) is 1.76. The molecule has 2 aromatic rings. The second-order valence-electron chi connectivity index (χ2n) is 3.17. The fourth-order valence-corrected chi connectivity index (χ4v) is 2.15. The SMILES string of the molecule is Cc1ncc(CN)n1Cc1cccs1. The molecule has 0 aliphatic carbocycles. The van der Waals surface area contributed by atoms with Crippen LogP contribution in [-0.4, -0.2) is 9.55 Å². The Balaban J connectivity index is 2.27. The Morgan fingerprint density at radius 1 is 1.57 bits per heavy atom. The maximum absolute atomic E-state index is 5.64. The zero-order valence-corrected chi connectivity index (χ0v) is 8.92. The number of nitrogens with zero attached hydrogens (tertiary/aromatic N) is 2. The van der Waals surface area contributed by atoms with Gasteiger partial charge in [-0.15, -0.1) is 11.3 Å². The molecule has 4 heteroatoms. The van der Waals surface area contributed by atoms with Crippen LogP contribution in [0, 0.1) is 6.92 Å². The Morgan fingerprint density at radius 3 is 3.07 bits per heavy atom. The van der Waals surface area contributed by atoms with Gasteiger partial charge in [-0.3, -0.25) is 0 Å². The summed E-state index contributed by atoms with van der Waals surface area (Å²) in [6.45, 7) is 3.44. The van der Waals surface area contributed by atoms with Crippen LogP contribution in [0.15, 0.2) is 23.7 Å². The molecule has 0 saturated carbocycles. The van der Waals surface area contributed by atoms with E-state index in [9.17, 15) is 0 Å².